The molecule has 2 amide bonds. The number of amides is 2. The second-order valence-corrected chi connectivity index (χ2v) is 4.96. The molecule has 5 nitrogen and oxygen atoms in total. The van der Waals surface area contributed by atoms with E-state index in [1.165, 1.54) is 12.1 Å². The average Bonchev–Trinajstić information content (AvgIpc) is 2.74. The minimum atomic E-state index is -1.47. The topological polar surface area (TPSA) is 74.7 Å². The summed E-state index contributed by atoms with van der Waals surface area (Å²) in [6.07, 6.45) is 0. The van der Waals surface area contributed by atoms with Gasteiger partial charge in [-0.15, -0.1) is 0 Å². The quantitative estimate of drug-likeness (QED) is 0.863. The van der Waals surface area contributed by atoms with Crippen molar-refractivity contribution in [2.75, 3.05) is 4.90 Å². The number of aromatic carboxylic acids is 1. The van der Waals surface area contributed by atoms with Crippen LogP contribution >= 0.6 is 11.6 Å². The van der Waals surface area contributed by atoms with Gasteiger partial charge >= 0.3 is 5.97 Å². The van der Waals surface area contributed by atoms with Gasteiger partial charge in [-0.25, -0.2) is 14.1 Å². The van der Waals surface area contributed by atoms with Crippen molar-refractivity contribution in [3.63, 3.8) is 0 Å². The van der Waals surface area contributed by atoms with Crippen molar-refractivity contribution in [1.29, 1.82) is 0 Å². The van der Waals surface area contributed by atoms with Gasteiger partial charge in [0.05, 0.1) is 21.7 Å². The van der Waals surface area contributed by atoms with Crippen molar-refractivity contribution in [3.8, 4) is 0 Å². The van der Waals surface area contributed by atoms with E-state index in [0.717, 1.165) is 12.1 Å². The first-order valence-electron chi connectivity index (χ1n) is 6.12. The molecule has 1 aliphatic rings. The molecule has 1 N–H and O–H groups in total. The lowest BCUT2D eigenvalue weighted by Gasteiger charge is -2.17. The smallest absolute Gasteiger partial charge is 0.337 e. The van der Waals surface area contributed by atoms with E-state index in [9.17, 15) is 23.9 Å². The Hall–Kier alpha value is -2.73. The molecule has 110 valence electrons. The van der Waals surface area contributed by atoms with Gasteiger partial charge in [0.2, 0.25) is 0 Å². The predicted octanol–water partition coefficient (Wildman–Crippen LogP) is 2.98. The number of hydrogen-bond donors (Lipinski definition) is 1. The van der Waals surface area contributed by atoms with Crippen LogP contribution in [0.5, 0.6) is 0 Å². The molecule has 0 aliphatic carbocycles. The van der Waals surface area contributed by atoms with Crippen molar-refractivity contribution in [3.05, 3.63) is 63.9 Å². The van der Waals surface area contributed by atoms with Crippen LogP contribution in [0.4, 0.5) is 10.1 Å². The summed E-state index contributed by atoms with van der Waals surface area (Å²) in [5.41, 5.74) is -0.992. The zero-order valence-electron chi connectivity index (χ0n) is 10.8. The third-order valence-corrected chi connectivity index (χ3v) is 3.61. The second kappa shape index (κ2) is 4.92. The number of rotatable bonds is 2. The van der Waals surface area contributed by atoms with E-state index in [-0.39, 0.29) is 16.1 Å². The van der Waals surface area contributed by atoms with Crippen LogP contribution in [-0.2, 0) is 0 Å². The molecule has 7 heteroatoms. The number of hydrogen-bond acceptors (Lipinski definition) is 3. The molecular formula is C15H7ClFNO4. The van der Waals surface area contributed by atoms with E-state index in [1.54, 1.807) is 12.1 Å². The first-order valence-corrected chi connectivity index (χ1v) is 6.50. The number of benzene rings is 2. The Morgan fingerprint density at radius 2 is 1.59 bits per heavy atom. The molecule has 0 radical (unpaired) electrons. The summed E-state index contributed by atoms with van der Waals surface area (Å²) < 4.78 is 14.3. The largest absolute Gasteiger partial charge is 0.478 e. The van der Waals surface area contributed by atoms with Gasteiger partial charge in [0, 0.05) is 0 Å². The van der Waals surface area contributed by atoms with Crippen molar-refractivity contribution in [2.24, 2.45) is 0 Å². The van der Waals surface area contributed by atoms with Crippen LogP contribution in [0.3, 0.4) is 0 Å². The number of carboxylic acid groups (broad SMARTS) is 1. The number of carbonyl (C=O) groups excluding carboxylic acids is 2. The molecule has 0 saturated heterocycles. The molecule has 0 bridgehead atoms. The Labute approximate surface area is 128 Å². The van der Waals surface area contributed by atoms with E-state index in [0.29, 0.717) is 4.90 Å². The van der Waals surface area contributed by atoms with Gasteiger partial charge in [-0.3, -0.25) is 9.59 Å². The van der Waals surface area contributed by atoms with Gasteiger partial charge < -0.3 is 5.11 Å². The fourth-order valence-corrected chi connectivity index (χ4v) is 2.48. The number of imide groups is 1. The average molecular weight is 320 g/mol. The molecule has 1 aliphatic heterocycles. The zero-order valence-corrected chi connectivity index (χ0v) is 11.6. The fourth-order valence-electron chi connectivity index (χ4n) is 2.32. The highest BCUT2D eigenvalue weighted by Crippen LogP contribution is 2.35. The van der Waals surface area contributed by atoms with E-state index >= 15 is 0 Å². The lowest BCUT2D eigenvalue weighted by molar-refractivity contribution is 0.0697. The van der Waals surface area contributed by atoms with Crippen LogP contribution in [-0.4, -0.2) is 22.9 Å². The highest BCUT2D eigenvalue weighted by molar-refractivity contribution is 6.36. The van der Waals surface area contributed by atoms with E-state index in [4.69, 9.17) is 11.6 Å². The maximum atomic E-state index is 14.3. The van der Waals surface area contributed by atoms with Gasteiger partial charge in [0.15, 0.2) is 5.82 Å². The molecule has 0 fully saturated rings. The molecule has 0 saturated carbocycles. The number of anilines is 1. The van der Waals surface area contributed by atoms with Gasteiger partial charge in [0.1, 0.15) is 5.69 Å². The summed E-state index contributed by atoms with van der Waals surface area (Å²) >= 11 is 5.66. The number of nitrogens with zero attached hydrogens (tertiary/aromatic N) is 1. The van der Waals surface area contributed by atoms with E-state index < -0.39 is 34.9 Å². The minimum absolute atomic E-state index is 0.0863. The molecule has 22 heavy (non-hydrogen) atoms. The molecule has 2 aromatic carbocycles. The summed E-state index contributed by atoms with van der Waals surface area (Å²) in [5, 5.41) is 8.79. The fraction of sp³-hybridized carbons (Fsp3) is 0. The second-order valence-electron chi connectivity index (χ2n) is 4.55. The molecule has 0 unspecified atom stereocenters. The van der Waals surface area contributed by atoms with Crippen molar-refractivity contribution >= 4 is 35.1 Å². The standard InChI is InChI=1S/C15H7ClFNO4/c16-10-6-5-9(15(21)22)12(11(10)17)18-13(19)7-3-1-2-4-8(7)14(18)20/h1-6H,(H,21,22). The number of fused-ring (bicyclic) bond motifs is 1. The first kappa shape index (κ1) is 14.2. The number of carbonyl (C=O) groups is 3. The van der Waals surface area contributed by atoms with Crippen molar-refractivity contribution in [2.45, 2.75) is 0 Å². The van der Waals surface area contributed by atoms with Gasteiger partial charge in [-0.2, -0.15) is 0 Å². The highest BCUT2D eigenvalue weighted by atomic mass is 35.5. The van der Waals surface area contributed by atoms with Crippen LogP contribution in [0, 0.1) is 5.82 Å². The summed E-state index contributed by atoms with van der Waals surface area (Å²) in [4.78, 5) is 36.5. The third-order valence-electron chi connectivity index (χ3n) is 3.32. The van der Waals surface area contributed by atoms with Gasteiger partial charge in [-0.1, -0.05) is 23.7 Å². The minimum Gasteiger partial charge on any atom is -0.478 e. The van der Waals surface area contributed by atoms with E-state index in [1.807, 2.05) is 0 Å². The SMILES string of the molecule is O=C(O)c1ccc(Cl)c(F)c1N1C(=O)c2ccccc2C1=O. The summed E-state index contributed by atoms with van der Waals surface area (Å²) in [7, 11) is 0. The third kappa shape index (κ3) is 1.88. The first-order chi connectivity index (χ1) is 10.4. The van der Waals surface area contributed by atoms with Crippen molar-refractivity contribution < 1.29 is 23.9 Å². The summed E-state index contributed by atoms with van der Waals surface area (Å²) in [5.74, 6) is -4.17. The molecule has 0 spiro atoms. The Morgan fingerprint density at radius 3 is 2.09 bits per heavy atom. The Bertz CT molecular complexity index is 814. The molecule has 0 aromatic heterocycles. The zero-order chi connectivity index (χ0) is 16.0. The van der Waals surface area contributed by atoms with Gasteiger partial charge in [-0.05, 0) is 24.3 Å². The molecule has 3 rings (SSSR count). The monoisotopic (exact) mass is 319 g/mol. The lowest BCUT2D eigenvalue weighted by atomic mass is 10.1. The van der Waals surface area contributed by atoms with Crippen LogP contribution in [0.15, 0.2) is 36.4 Å². The summed E-state index contributed by atoms with van der Waals surface area (Å²) in [6.45, 7) is 0. The Balaban J connectivity index is 2.26. The number of carboxylic acids is 1. The normalized spacial score (nSPS) is 13.5. The predicted molar refractivity (Wildman–Crippen MR) is 76.0 cm³/mol. The van der Waals surface area contributed by atoms with Crippen LogP contribution in [0.25, 0.3) is 0 Å². The summed E-state index contributed by atoms with van der Waals surface area (Å²) in [6, 6.07) is 8.05. The van der Waals surface area contributed by atoms with Crippen LogP contribution < -0.4 is 4.90 Å². The molecule has 1 heterocycles. The highest BCUT2D eigenvalue weighted by Gasteiger charge is 2.40. The molecule has 2 aromatic rings. The van der Waals surface area contributed by atoms with Crippen LogP contribution in [0.1, 0.15) is 31.1 Å². The van der Waals surface area contributed by atoms with Gasteiger partial charge in [0.25, 0.3) is 11.8 Å². The van der Waals surface area contributed by atoms with Crippen LogP contribution in [0.2, 0.25) is 5.02 Å². The molecule has 0 atom stereocenters. The molecular weight excluding hydrogens is 313 g/mol. The maximum absolute atomic E-state index is 14.3. The van der Waals surface area contributed by atoms with E-state index in [2.05, 4.69) is 0 Å². The number of halogens is 2. The van der Waals surface area contributed by atoms with Crippen molar-refractivity contribution in [1.82, 2.24) is 0 Å². The Morgan fingerprint density at radius 1 is 1.05 bits per heavy atom. The Kier molecular flexibility index (Phi) is 3.18. The maximum Gasteiger partial charge on any atom is 0.337 e. The lowest BCUT2D eigenvalue weighted by Crippen LogP contribution is -2.32.